The highest BCUT2D eigenvalue weighted by molar-refractivity contribution is 7.90. The summed E-state index contributed by atoms with van der Waals surface area (Å²) in [6.07, 6.45) is 1.65. The summed E-state index contributed by atoms with van der Waals surface area (Å²) in [6.45, 7) is 3.97. The van der Waals surface area contributed by atoms with Gasteiger partial charge in [0.25, 0.3) is 0 Å². The number of halogens is 1. The summed E-state index contributed by atoms with van der Waals surface area (Å²) in [5.41, 5.74) is 2.43. The Morgan fingerprint density at radius 1 is 1.13 bits per heavy atom. The molecule has 1 aliphatic heterocycles. The third-order valence-electron chi connectivity index (χ3n) is 6.56. The Bertz CT molecular complexity index is 1470. The van der Waals surface area contributed by atoms with Crippen LogP contribution < -0.4 is 10.2 Å². The zero-order chi connectivity index (χ0) is 27.7. The monoisotopic (exact) mass is 560 g/mol. The highest BCUT2D eigenvalue weighted by Crippen LogP contribution is 2.30. The van der Waals surface area contributed by atoms with Crippen LogP contribution in [-0.4, -0.2) is 65.6 Å². The lowest BCUT2D eigenvalue weighted by molar-refractivity contribution is -0.119. The molecule has 0 unspecified atom stereocenters. The lowest BCUT2D eigenvalue weighted by atomic mass is 10.1. The molecule has 0 aliphatic carbocycles. The zero-order valence-corrected chi connectivity index (χ0v) is 23.3. The van der Waals surface area contributed by atoms with Crippen LogP contribution >= 0.6 is 11.6 Å². The lowest BCUT2D eigenvalue weighted by Gasteiger charge is -2.28. The summed E-state index contributed by atoms with van der Waals surface area (Å²) >= 11 is 6.24. The number of carbonyl (C=O) groups is 2. The van der Waals surface area contributed by atoms with Crippen LogP contribution in [0.15, 0.2) is 48.5 Å². The predicted molar refractivity (Wildman–Crippen MR) is 149 cm³/mol. The number of rotatable bonds is 8. The Kier molecular flexibility index (Phi) is 8.06. The van der Waals surface area contributed by atoms with E-state index in [1.54, 1.807) is 24.8 Å². The standard InChI is InChI=1S/C27H33ClN4O5S/c1-27(2,18-33)29-26(35)30-15-19-7-4-5-8-23(19)32(25(34)17-30)16-22-14-20-13-21(28)9-10-24(20)31(22)11-6-12-38(3,36)37/h4-5,7-10,13-14,33H,6,11-12,15-18H2,1-3H3,(H,29,35). The van der Waals surface area contributed by atoms with E-state index >= 15 is 0 Å². The van der Waals surface area contributed by atoms with Gasteiger partial charge in [-0.3, -0.25) is 4.79 Å². The van der Waals surface area contributed by atoms with E-state index in [1.165, 1.54) is 11.2 Å². The molecule has 38 heavy (non-hydrogen) atoms. The van der Waals surface area contributed by atoms with E-state index in [0.717, 1.165) is 22.2 Å². The van der Waals surface area contributed by atoms with Crippen molar-refractivity contribution < 1.29 is 23.1 Å². The van der Waals surface area contributed by atoms with Gasteiger partial charge in [-0.2, -0.15) is 0 Å². The van der Waals surface area contributed by atoms with Crippen LogP contribution in [0.4, 0.5) is 10.5 Å². The molecule has 0 radical (unpaired) electrons. The normalized spacial score (nSPS) is 14.5. The maximum absolute atomic E-state index is 13.6. The average Bonchev–Trinajstić information content (AvgIpc) is 3.09. The minimum atomic E-state index is -3.12. The summed E-state index contributed by atoms with van der Waals surface area (Å²) in [5, 5.41) is 13.8. The van der Waals surface area contributed by atoms with Gasteiger partial charge in [0.2, 0.25) is 5.91 Å². The summed E-state index contributed by atoms with van der Waals surface area (Å²) in [4.78, 5) is 29.7. The van der Waals surface area contributed by atoms with Gasteiger partial charge in [0.15, 0.2) is 0 Å². The number of nitrogens with zero attached hydrogens (tertiary/aromatic N) is 3. The molecule has 1 aromatic heterocycles. The van der Waals surface area contributed by atoms with Crippen molar-refractivity contribution in [2.45, 2.75) is 45.4 Å². The van der Waals surface area contributed by atoms with Crippen LogP contribution in [0.3, 0.4) is 0 Å². The molecule has 3 aromatic rings. The van der Waals surface area contributed by atoms with E-state index in [1.807, 2.05) is 47.0 Å². The van der Waals surface area contributed by atoms with Gasteiger partial charge in [0.05, 0.1) is 31.0 Å². The average molecular weight is 561 g/mol. The number of aliphatic hydroxyl groups is 1. The molecule has 11 heteroatoms. The Morgan fingerprint density at radius 2 is 1.87 bits per heavy atom. The van der Waals surface area contributed by atoms with Gasteiger partial charge in [-0.25, -0.2) is 13.2 Å². The molecule has 9 nitrogen and oxygen atoms in total. The highest BCUT2D eigenvalue weighted by Gasteiger charge is 2.31. The Labute approximate surface area is 227 Å². The fraction of sp³-hybridized carbons (Fsp3) is 0.407. The second-order valence-electron chi connectivity index (χ2n) is 10.4. The maximum Gasteiger partial charge on any atom is 0.318 e. The van der Waals surface area contributed by atoms with Gasteiger partial charge >= 0.3 is 6.03 Å². The summed E-state index contributed by atoms with van der Waals surface area (Å²) in [7, 11) is -3.12. The van der Waals surface area contributed by atoms with E-state index in [-0.39, 0.29) is 37.9 Å². The van der Waals surface area contributed by atoms with E-state index < -0.39 is 21.4 Å². The van der Waals surface area contributed by atoms with Crippen molar-refractivity contribution in [1.82, 2.24) is 14.8 Å². The molecule has 2 N–H and O–H groups in total. The van der Waals surface area contributed by atoms with Crippen LogP contribution in [0, 0.1) is 0 Å². The number of amides is 3. The molecule has 4 rings (SSSR count). The van der Waals surface area contributed by atoms with Gasteiger partial charge in [0.1, 0.15) is 16.4 Å². The van der Waals surface area contributed by atoms with E-state index in [9.17, 15) is 23.1 Å². The quantitative estimate of drug-likeness (QED) is 0.437. The van der Waals surface area contributed by atoms with Crippen LogP contribution in [0.1, 0.15) is 31.5 Å². The van der Waals surface area contributed by atoms with Gasteiger partial charge < -0.3 is 24.8 Å². The minimum absolute atomic E-state index is 0.0550. The Balaban J connectivity index is 1.68. The molecule has 0 fully saturated rings. The summed E-state index contributed by atoms with van der Waals surface area (Å²) in [6, 6.07) is 14.5. The van der Waals surface area contributed by atoms with Crippen LogP contribution in [0.25, 0.3) is 10.9 Å². The number of anilines is 1. The number of fused-ring (bicyclic) bond motifs is 2. The van der Waals surface area contributed by atoms with Gasteiger partial charge in [0, 0.05) is 40.1 Å². The minimum Gasteiger partial charge on any atom is -0.394 e. The first-order valence-corrected chi connectivity index (χ1v) is 14.8. The third kappa shape index (κ3) is 6.48. The Morgan fingerprint density at radius 3 is 2.58 bits per heavy atom. The SMILES string of the molecule is CC(C)(CO)NC(=O)N1CC(=O)N(Cc2cc3cc(Cl)ccc3n2CCCS(C)(=O)=O)c2ccccc2C1. The van der Waals surface area contributed by atoms with Crippen molar-refractivity contribution in [3.05, 3.63) is 64.8 Å². The topological polar surface area (TPSA) is 112 Å². The molecular weight excluding hydrogens is 528 g/mol. The van der Waals surface area contributed by atoms with Crippen molar-refractivity contribution in [3.63, 3.8) is 0 Å². The molecule has 2 heterocycles. The molecule has 0 spiro atoms. The number of hydrogen-bond donors (Lipinski definition) is 2. The number of benzene rings is 2. The summed E-state index contributed by atoms with van der Waals surface area (Å²) in [5.74, 6) is -0.197. The predicted octanol–water partition coefficient (Wildman–Crippen LogP) is 3.56. The Hall–Kier alpha value is -3.08. The molecular formula is C27H33ClN4O5S. The summed E-state index contributed by atoms with van der Waals surface area (Å²) < 4.78 is 25.5. The number of sulfone groups is 1. The number of para-hydroxylation sites is 1. The van der Waals surface area contributed by atoms with Gasteiger partial charge in [-0.1, -0.05) is 29.8 Å². The fourth-order valence-corrected chi connectivity index (χ4v) is 5.45. The molecule has 2 aromatic carbocycles. The van der Waals surface area contributed by atoms with Gasteiger partial charge in [-0.05, 0) is 56.2 Å². The highest BCUT2D eigenvalue weighted by atomic mass is 35.5. The zero-order valence-electron chi connectivity index (χ0n) is 21.8. The number of aromatic nitrogens is 1. The second-order valence-corrected chi connectivity index (χ2v) is 13.1. The molecule has 204 valence electrons. The van der Waals surface area contributed by atoms with Crippen LogP contribution in [-0.2, 0) is 34.3 Å². The fourth-order valence-electron chi connectivity index (χ4n) is 4.62. The van der Waals surface area contributed by atoms with Crippen molar-refractivity contribution >= 4 is 50.0 Å². The van der Waals surface area contributed by atoms with Crippen molar-refractivity contribution in [1.29, 1.82) is 0 Å². The molecule has 0 saturated heterocycles. The lowest BCUT2D eigenvalue weighted by Crippen LogP contribution is -2.53. The number of aliphatic hydroxyl groups excluding tert-OH is 1. The van der Waals surface area contributed by atoms with Crippen molar-refractivity contribution in [2.75, 3.05) is 30.1 Å². The first-order valence-electron chi connectivity index (χ1n) is 12.4. The maximum atomic E-state index is 13.6. The number of nitrogens with one attached hydrogen (secondary N) is 1. The molecule has 1 aliphatic rings. The molecule has 3 amide bonds. The van der Waals surface area contributed by atoms with E-state index in [0.29, 0.717) is 23.7 Å². The van der Waals surface area contributed by atoms with Gasteiger partial charge in [-0.15, -0.1) is 0 Å². The van der Waals surface area contributed by atoms with Crippen LogP contribution in [0.2, 0.25) is 5.02 Å². The smallest absolute Gasteiger partial charge is 0.318 e. The van der Waals surface area contributed by atoms with Crippen LogP contribution in [0.5, 0.6) is 0 Å². The van der Waals surface area contributed by atoms with Crippen molar-refractivity contribution in [2.24, 2.45) is 0 Å². The number of aryl methyl sites for hydroxylation is 1. The molecule has 0 bridgehead atoms. The molecule has 0 saturated carbocycles. The number of carbonyl (C=O) groups excluding carboxylic acids is 2. The first kappa shape index (κ1) is 27.9. The largest absolute Gasteiger partial charge is 0.394 e. The van der Waals surface area contributed by atoms with E-state index in [2.05, 4.69) is 5.32 Å². The number of hydrogen-bond acceptors (Lipinski definition) is 5. The first-order chi connectivity index (χ1) is 17.9. The third-order valence-corrected chi connectivity index (χ3v) is 7.83. The number of urea groups is 1. The van der Waals surface area contributed by atoms with Crippen molar-refractivity contribution in [3.8, 4) is 0 Å². The molecule has 0 atom stereocenters. The second kappa shape index (κ2) is 11.0. The van der Waals surface area contributed by atoms with E-state index in [4.69, 9.17) is 11.6 Å².